The van der Waals surface area contributed by atoms with Crippen LogP contribution in [0.25, 0.3) is 0 Å². The summed E-state index contributed by atoms with van der Waals surface area (Å²) in [6, 6.07) is 17.3. The number of aryl methyl sites for hydroxylation is 4. The molecule has 3 rings (SSSR count). The van der Waals surface area contributed by atoms with Crippen molar-refractivity contribution in [1.82, 2.24) is 4.90 Å². The Bertz CT molecular complexity index is 1270. The Balaban J connectivity index is 1.72. The number of rotatable bonds is 13. The monoisotopic (exact) mass is 578 g/mol. The number of hydrogen-bond acceptors (Lipinski definition) is 4. The van der Waals surface area contributed by atoms with Gasteiger partial charge in [-0.15, -0.1) is 0 Å². The number of nitrogens with zero attached hydrogens (tertiary/aromatic N) is 2. The smallest absolute Gasteiger partial charge is 0.203 e. The summed E-state index contributed by atoms with van der Waals surface area (Å²) in [5.41, 5.74) is 8.62. The van der Waals surface area contributed by atoms with Crippen LogP contribution in [0.1, 0.15) is 46.2 Å². The molecule has 0 aliphatic heterocycles. The fraction of sp³-hybridized carbons (Fsp3) is 0.441. The summed E-state index contributed by atoms with van der Waals surface area (Å²) < 4.78 is 17.5. The highest BCUT2D eigenvalue weighted by molar-refractivity contribution is 7.80. The van der Waals surface area contributed by atoms with Crippen molar-refractivity contribution in [2.75, 3.05) is 53.8 Å². The van der Waals surface area contributed by atoms with E-state index < -0.39 is 0 Å². The lowest BCUT2D eigenvalue weighted by Gasteiger charge is -2.31. The van der Waals surface area contributed by atoms with E-state index in [0.29, 0.717) is 22.4 Å². The highest BCUT2D eigenvalue weighted by Gasteiger charge is 2.19. The second-order valence-electron chi connectivity index (χ2n) is 11.8. The Morgan fingerprint density at radius 2 is 1.24 bits per heavy atom. The van der Waals surface area contributed by atoms with Crippen molar-refractivity contribution in [3.8, 4) is 17.2 Å². The summed E-state index contributed by atoms with van der Waals surface area (Å²) in [5, 5.41) is 4.10. The van der Waals surface area contributed by atoms with E-state index >= 15 is 0 Å². The van der Waals surface area contributed by atoms with Gasteiger partial charge >= 0.3 is 0 Å². The molecule has 7 heteroatoms. The Morgan fingerprint density at radius 3 is 1.73 bits per heavy atom. The molecule has 0 saturated carbocycles. The van der Waals surface area contributed by atoms with Gasteiger partial charge in [-0.05, 0) is 58.3 Å². The van der Waals surface area contributed by atoms with E-state index in [2.05, 4.69) is 88.4 Å². The van der Waals surface area contributed by atoms with Gasteiger partial charge < -0.3 is 28.9 Å². The van der Waals surface area contributed by atoms with E-state index in [1.54, 1.807) is 21.3 Å². The van der Waals surface area contributed by atoms with Crippen molar-refractivity contribution in [1.29, 1.82) is 0 Å². The van der Waals surface area contributed by atoms with E-state index in [1.807, 2.05) is 12.1 Å². The van der Waals surface area contributed by atoms with Crippen molar-refractivity contribution >= 4 is 23.0 Å². The topological polar surface area (TPSA) is 43.0 Å². The highest BCUT2D eigenvalue weighted by Crippen LogP contribution is 2.40. The minimum atomic E-state index is 0.556. The molecule has 0 fully saturated rings. The van der Waals surface area contributed by atoms with Crippen LogP contribution in [0.4, 0.5) is 5.69 Å². The first-order chi connectivity index (χ1) is 19.4. The molecule has 0 spiro atoms. The summed E-state index contributed by atoms with van der Waals surface area (Å²) in [5.74, 6) is 1.73. The standard InChI is InChI=1S/C34H47N3O3S/c1-24-14-25(2)17-28(16-24)22-36(34(41)35-30-20-31(38-7)33(40-9)32(21-30)39-8)12-10-11-13-37(5,6)23-29-18-26(3)15-27(4)19-29/h14-21H,10-13,22-23H2,1-9H3/p+1. The number of benzene rings is 3. The average molecular weight is 579 g/mol. The van der Waals surface area contributed by atoms with Gasteiger partial charge in [0.1, 0.15) is 6.54 Å². The maximum atomic E-state index is 5.97. The Labute approximate surface area is 252 Å². The molecule has 6 nitrogen and oxygen atoms in total. The molecule has 0 bridgehead atoms. The van der Waals surface area contributed by atoms with Crippen LogP contribution in [-0.4, -0.2) is 63.0 Å². The number of methoxy groups -OCH3 is 3. The number of anilines is 1. The molecule has 0 amide bonds. The molecular weight excluding hydrogens is 530 g/mol. The lowest BCUT2D eigenvalue weighted by atomic mass is 10.1. The van der Waals surface area contributed by atoms with Crippen LogP contribution in [0.15, 0.2) is 48.5 Å². The van der Waals surface area contributed by atoms with Gasteiger partial charge in [0, 0.05) is 36.5 Å². The van der Waals surface area contributed by atoms with Gasteiger partial charge in [-0.25, -0.2) is 0 Å². The Hall–Kier alpha value is -3.29. The normalized spacial score (nSPS) is 11.2. The predicted octanol–water partition coefficient (Wildman–Crippen LogP) is 7.20. The zero-order valence-electron chi connectivity index (χ0n) is 26.4. The first-order valence-corrected chi connectivity index (χ1v) is 14.7. The van der Waals surface area contributed by atoms with Crippen molar-refractivity contribution in [3.63, 3.8) is 0 Å². The number of hydrogen-bond donors (Lipinski definition) is 1. The molecule has 3 aromatic carbocycles. The molecule has 0 unspecified atom stereocenters. The van der Waals surface area contributed by atoms with Crippen molar-refractivity contribution in [3.05, 3.63) is 81.9 Å². The summed E-state index contributed by atoms with van der Waals surface area (Å²) >= 11 is 5.97. The number of unbranched alkanes of at least 4 members (excludes halogenated alkanes) is 1. The molecule has 0 aliphatic rings. The number of ether oxygens (including phenoxy) is 3. The van der Waals surface area contributed by atoms with Crippen LogP contribution < -0.4 is 19.5 Å². The van der Waals surface area contributed by atoms with Gasteiger partial charge in [-0.1, -0.05) is 58.7 Å². The van der Waals surface area contributed by atoms with Crippen LogP contribution >= 0.6 is 12.2 Å². The summed E-state index contributed by atoms with van der Waals surface area (Å²) in [6.45, 7) is 12.3. The van der Waals surface area contributed by atoms with Gasteiger partial charge in [0.2, 0.25) is 5.75 Å². The first kappa shape index (κ1) is 32.2. The van der Waals surface area contributed by atoms with Crippen molar-refractivity contribution in [2.45, 2.75) is 53.6 Å². The van der Waals surface area contributed by atoms with E-state index in [9.17, 15) is 0 Å². The van der Waals surface area contributed by atoms with Crippen molar-refractivity contribution in [2.24, 2.45) is 0 Å². The van der Waals surface area contributed by atoms with Gasteiger partial charge in [-0.2, -0.15) is 0 Å². The van der Waals surface area contributed by atoms with Crippen LogP contribution in [-0.2, 0) is 13.1 Å². The minimum Gasteiger partial charge on any atom is -0.493 e. The number of nitrogens with one attached hydrogen (secondary N) is 1. The van der Waals surface area contributed by atoms with Gasteiger partial charge in [0.15, 0.2) is 16.6 Å². The highest BCUT2D eigenvalue weighted by atomic mass is 32.1. The zero-order valence-corrected chi connectivity index (χ0v) is 27.2. The van der Waals surface area contributed by atoms with E-state index in [4.69, 9.17) is 26.4 Å². The zero-order chi connectivity index (χ0) is 30.2. The minimum absolute atomic E-state index is 0.556. The second-order valence-corrected chi connectivity index (χ2v) is 12.2. The summed E-state index contributed by atoms with van der Waals surface area (Å²) in [4.78, 5) is 2.26. The lowest BCUT2D eigenvalue weighted by Crippen LogP contribution is -2.40. The maximum absolute atomic E-state index is 5.97. The third-order valence-electron chi connectivity index (χ3n) is 7.19. The number of quaternary nitrogens is 1. The lowest BCUT2D eigenvalue weighted by molar-refractivity contribution is -0.903. The van der Waals surface area contributed by atoms with Crippen molar-refractivity contribution < 1.29 is 18.7 Å². The Kier molecular flexibility index (Phi) is 11.4. The van der Waals surface area contributed by atoms with E-state index in [0.717, 1.165) is 49.2 Å². The molecule has 0 heterocycles. The van der Waals surface area contributed by atoms with Crippen LogP contribution in [0.5, 0.6) is 17.2 Å². The second kappa shape index (κ2) is 14.6. The molecule has 0 atom stereocenters. The van der Waals surface area contributed by atoms with Gasteiger partial charge in [0.05, 0.1) is 42.0 Å². The first-order valence-electron chi connectivity index (χ1n) is 14.3. The molecule has 0 aromatic heterocycles. The largest absolute Gasteiger partial charge is 0.493 e. The molecular formula is C34H48N3O3S+. The molecule has 222 valence electrons. The maximum Gasteiger partial charge on any atom is 0.203 e. The molecule has 3 aromatic rings. The predicted molar refractivity (Wildman–Crippen MR) is 174 cm³/mol. The Morgan fingerprint density at radius 1 is 0.732 bits per heavy atom. The molecule has 0 radical (unpaired) electrons. The third-order valence-corrected chi connectivity index (χ3v) is 7.55. The SMILES string of the molecule is COc1cc(NC(=S)N(CCCC[N+](C)(C)Cc2cc(C)cc(C)c2)Cc2cc(C)cc(C)c2)cc(OC)c1OC. The molecule has 0 saturated heterocycles. The molecule has 0 aliphatic carbocycles. The fourth-order valence-electron chi connectivity index (χ4n) is 5.56. The average Bonchev–Trinajstić information content (AvgIpc) is 2.88. The fourth-order valence-corrected chi connectivity index (χ4v) is 5.84. The van der Waals surface area contributed by atoms with Gasteiger partial charge in [-0.3, -0.25) is 0 Å². The number of thiocarbonyl (C=S) groups is 1. The van der Waals surface area contributed by atoms with Gasteiger partial charge in [0.25, 0.3) is 0 Å². The van der Waals surface area contributed by atoms with Crippen LogP contribution in [0, 0.1) is 27.7 Å². The van der Waals surface area contributed by atoms with E-state index in [-0.39, 0.29) is 0 Å². The summed E-state index contributed by atoms with van der Waals surface area (Å²) in [7, 11) is 9.48. The van der Waals surface area contributed by atoms with E-state index in [1.165, 1.54) is 33.4 Å². The quantitative estimate of drug-likeness (QED) is 0.131. The van der Waals surface area contributed by atoms with Crippen LogP contribution in [0.2, 0.25) is 0 Å². The molecule has 41 heavy (non-hydrogen) atoms. The third kappa shape index (κ3) is 9.65. The molecule has 1 N–H and O–H groups in total. The summed E-state index contributed by atoms with van der Waals surface area (Å²) in [6.07, 6.45) is 2.14. The van der Waals surface area contributed by atoms with Crippen LogP contribution in [0.3, 0.4) is 0 Å².